The summed E-state index contributed by atoms with van der Waals surface area (Å²) in [6.07, 6.45) is 0. The smallest absolute Gasteiger partial charge is 0.341 e. The maximum atomic E-state index is 13.5. The van der Waals surface area contributed by atoms with Crippen LogP contribution in [-0.4, -0.2) is 18.5 Å². The first-order valence-electron chi connectivity index (χ1n) is 8.64. The molecular formula is C21H16F3NO3S. The number of aryl methyl sites for hydroxylation is 1. The highest BCUT2D eigenvalue weighted by molar-refractivity contribution is 7.17. The predicted molar refractivity (Wildman–Crippen MR) is 105 cm³/mol. The molecule has 0 spiro atoms. The molecule has 29 heavy (non-hydrogen) atoms. The van der Waals surface area contributed by atoms with Crippen LogP contribution < -0.4 is 5.32 Å². The number of hydrogen-bond acceptors (Lipinski definition) is 4. The van der Waals surface area contributed by atoms with Crippen molar-refractivity contribution < 1.29 is 27.5 Å². The second-order valence-corrected chi connectivity index (χ2v) is 7.27. The summed E-state index contributed by atoms with van der Waals surface area (Å²) in [6.45, 7) is 3.51. The second-order valence-electron chi connectivity index (χ2n) is 6.05. The van der Waals surface area contributed by atoms with Crippen LogP contribution >= 0.6 is 11.3 Å². The Balaban J connectivity index is 2.05. The minimum atomic E-state index is -1.15. The molecule has 0 saturated heterocycles. The van der Waals surface area contributed by atoms with E-state index in [2.05, 4.69) is 5.32 Å². The average molecular weight is 419 g/mol. The molecular weight excluding hydrogens is 403 g/mol. The van der Waals surface area contributed by atoms with Crippen molar-refractivity contribution in [3.63, 3.8) is 0 Å². The quantitative estimate of drug-likeness (QED) is 0.550. The van der Waals surface area contributed by atoms with Gasteiger partial charge in [0.1, 0.15) is 16.4 Å². The Labute approximate surface area is 168 Å². The average Bonchev–Trinajstić information content (AvgIpc) is 3.00. The first-order chi connectivity index (χ1) is 13.8. The molecule has 0 saturated carbocycles. The summed E-state index contributed by atoms with van der Waals surface area (Å²) in [4.78, 5) is 25.8. The fraction of sp³-hybridized carbons (Fsp3) is 0.143. The van der Waals surface area contributed by atoms with E-state index in [-0.39, 0.29) is 22.7 Å². The summed E-state index contributed by atoms with van der Waals surface area (Å²) in [6, 6.07) is 8.33. The van der Waals surface area contributed by atoms with Gasteiger partial charge < -0.3 is 10.1 Å². The van der Waals surface area contributed by atoms with Crippen molar-refractivity contribution in [2.45, 2.75) is 13.8 Å². The van der Waals surface area contributed by atoms with Crippen LogP contribution in [0.25, 0.3) is 11.1 Å². The molecule has 0 fully saturated rings. The highest BCUT2D eigenvalue weighted by Gasteiger charge is 2.26. The van der Waals surface area contributed by atoms with Gasteiger partial charge in [-0.3, -0.25) is 4.79 Å². The Morgan fingerprint density at radius 2 is 1.72 bits per heavy atom. The lowest BCUT2D eigenvalue weighted by atomic mass is 10.0. The lowest BCUT2D eigenvalue weighted by Gasteiger charge is -2.09. The number of halogens is 3. The number of anilines is 1. The lowest BCUT2D eigenvalue weighted by molar-refractivity contribution is 0.0529. The third-order valence-electron chi connectivity index (χ3n) is 4.11. The molecule has 2 aromatic carbocycles. The van der Waals surface area contributed by atoms with Gasteiger partial charge in [-0.15, -0.1) is 11.3 Å². The SMILES string of the molecule is CCOC(=O)c1c(NC(=O)c2ccc(F)c(F)c2)sc(C)c1-c1ccc(F)cc1. The zero-order valence-electron chi connectivity index (χ0n) is 15.5. The fourth-order valence-electron chi connectivity index (χ4n) is 2.81. The molecule has 0 aliphatic rings. The largest absolute Gasteiger partial charge is 0.462 e. The van der Waals surface area contributed by atoms with Crippen LogP contribution in [0.1, 0.15) is 32.5 Å². The molecule has 0 unspecified atom stereocenters. The van der Waals surface area contributed by atoms with E-state index < -0.39 is 29.3 Å². The summed E-state index contributed by atoms with van der Waals surface area (Å²) in [7, 11) is 0. The van der Waals surface area contributed by atoms with Crippen molar-refractivity contribution >= 4 is 28.2 Å². The van der Waals surface area contributed by atoms with Gasteiger partial charge in [-0.2, -0.15) is 0 Å². The fourth-order valence-corrected chi connectivity index (χ4v) is 3.87. The van der Waals surface area contributed by atoms with E-state index in [1.165, 1.54) is 24.3 Å². The van der Waals surface area contributed by atoms with E-state index in [1.54, 1.807) is 13.8 Å². The van der Waals surface area contributed by atoms with Crippen molar-refractivity contribution in [2.75, 3.05) is 11.9 Å². The van der Waals surface area contributed by atoms with Gasteiger partial charge in [0.15, 0.2) is 11.6 Å². The van der Waals surface area contributed by atoms with Crippen molar-refractivity contribution in [2.24, 2.45) is 0 Å². The minimum Gasteiger partial charge on any atom is -0.462 e. The third kappa shape index (κ3) is 4.32. The van der Waals surface area contributed by atoms with Crippen molar-refractivity contribution in [1.82, 2.24) is 0 Å². The molecule has 4 nitrogen and oxygen atoms in total. The van der Waals surface area contributed by atoms with E-state index >= 15 is 0 Å². The van der Waals surface area contributed by atoms with E-state index in [0.29, 0.717) is 16.0 Å². The Hall–Kier alpha value is -3.13. The van der Waals surface area contributed by atoms with Gasteiger partial charge in [0.05, 0.1) is 6.61 Å². The van der Waals surface area contributed by atoms with Crippen molar-refractivity contribution in [3.05, 3.63) is 75.9 Å². The van der Waals surface area contributed by atoms with E-state index in [1.807, 2.05) is 0 Å². The maximum Gasteiger partial charge on any atom is 0.341 e. The maximum absolute atomic E-state index is 13.5. The number of carbonyl (C=O) groups is 2. The van der Waals surface area contributed by atoms with Crippen LogP contribution in [0.4, 0.5) is 18.2 Å². The van der Waals surface area contributed by atoms with Gasteiger partial charge in [0, 0.05) is 16.0 Å². The van der Waals surface area contributed by atoms with Crippen molar-refractivity contribution in [3.8, 4) is 11.1 Å². The number of ether oxygens (including phenoxy) is 1. The number of thiophene rings is 1. The lowest BCUT2D eigenvalue weighted by Crippen LogP contribution is -2.15. The van der Waals surface area contributed by atoms with Gasteiger partial charge in [-0.1, -0.05) is 12.1 Å². The summed E-state index contributed by atoms with van der Waals surface area (Å²) >= 11 is 1.13. The number of esters is 1. The molecule has 0 aliphatic carbocycles. The van der Waals surface area contributed by atoms with E-state index in [9.17, 15) is 22.8 Å². The summed E-state index contributed by atoms with van der Waals surface area (Å²) in [5, 5.41) is 2.77. The van der Waals surface area contributed by atoms with Crippen LogP contribution in [0.5, 0.6) is 0 Å². The molecule has 0 radical (unpaired) electrons. The summed E-state index contributed by atoms with van der Waals surface area (Å²) in [5.41, 5.74) is 1.11. The van der Waals surface area contributed by atoms with Gasteiger partial charge >= 0.3 is 5.97 Å². The Kier molecular flexibility index (Phi) is 6.03. The number of amides is 1. The zero-order valence-corrected chi connectivity index (χ0v) is 16.3. The molecule has 3 rings (SSSR count). The first kappa shape index (κ1) is 20.6. The summed E-state index contributed by atoms with van der Waals surface area (Å²) in [5.74, 6) is -4.01. The molecule has 1 heterocycles. The van der Waals surface area contributed by atoms with Crippen LogP contribution in [0, 0.1) is 24.4 Å². The molecule has 1 amide bonds. The number of hydrogen-bond donors (Lipinski definition) is 1. The van der Waals surface area contributed by atoms with Crippen LogP contribution in [0.3, 0.4) is 0 Å². The van der Waals surface area contributed by atoms with Crippen molar-refractivity contribution in [1.29, 1.82) is 0 Å². The number of benzene rings is 2. The molecule has 3 aromatic rings. The molecule has 8 heteroatoms. The molecule has 0 atom stereocenters. The Bertz CT molecular complexity index is 1080. The normalized spacial score (nSPS) is 10.7. The van der Waals surface area contributed by atoms with E-state index in [4.69, 9.17) is 4.74 Å². The van der Waals surface area contributed by atoms with E-state index in [0.717, 1.165) is 29.5 Å². The molecule has 0 bridgehead atoms. The molecule has 1 N–H and O–H groups in total. The minimum absolute atomic E-state index is 0.104. The van der Waals surface area contributed by atoms with Gasteiger partial charge in [0.2, 0.25) is 0 Å². The number of rotatable bonds is 5. The number of carbonyl (C=O) groups excluding carboxylic acids is 2. The van der Waals surface area contributed by atoms with Crippen LogP contribution in [0.15, 0.2) is 42.5 Å². The molecule has 150 valence electrons. The van der Waals surface area contributed by atoms with Crippen LogP contribution in [0.2, 0.25) is 0 Å². The predicted octanol–water partition coefficient (Wildman–Crippen LogP) is 5.57. The first-order valence-corrected chi connectivity index (χ1v) is 9.46. The molecule has 0 aliphatic heterocycles. The molecule has 1 aromatic heterocycles. The second kappa shape index (κ2) is 8.48. The van der Waals surface area contributed by atoms with Crippen LogP contribution in [-0.2, 0) is 4.74 Å². The van der Waals surface area contributed by atoms with Gasteiger partial charge in [0.25, 0.3) is 5.91 Å². The van der Waals surface area contributed by atoms with Gasteiger partial charge in [-0.25, -0.2) is 18.0 Å². The number of nitrogens with one attached hydrogen (secondary N) is 1. The highest BCUT2D eigenvalue weighted by Crippen LogP contribution is 2.40. The topological polar surface area (TPSA) is 55.4 Å². The highest BCUT2D eigenvalue weighted by atomic mass is 32.1. The Morgan fingerprint density at radius 3 is 2.34 bits per heavy atom. The zero-order chi connectivity index (χ0) is 21.1. The standard InChI is InChI=1S/C21H16F3NO3S/c1-3-28-21(27)18-17(12-4-7-14(22)8-5-12)11(2)29-20(18)25-19(26)13-6-9-15(23)16(24)10-13/h4-10H,3H2,1-2H3,(H,25,26). The summed E-state index contributed by atoms with van der Waals surface area (Å²) < 4.78 is 45.0. The Morgan fingerprint density at radius 1 is 1.03 bits per heavy atom. The monoisotopic (exact) mass is 419 g/mol. The van der Waals surface area contributed by atoms with Gasteiger partial charge in [-0.05, 0) is 49.7 Å². The third-order valence-corrected chi connectivity index (χ3v) is 5.13.